The maximum Gasteiger partial charge on any atom is 0.256 e. The van der Waals surface area contributed by atoms with Crippen LogP contribution < -0.4 is 4.74 Å². The Morgan fingerprint density at radius 3 is 2.55 bits per heavy atom. The van der Waals surface area contributed by atoms with Crippen LogP contribution in [0.5, 0.6) is 5.75 Å². The maximum atomic E-state index is 13.9. The lowest BCUT2D eigenvalue weighted by Gasteiger charge is -2.57. The summed E-state index contributed by atoms with van der Waals surface area (Å²) < 4.78 is 21.0. The van der Waals surface area contributed by atoms with Crippen molar-refractivity contribution in [3.63, 3.8) is 0 Å². The minimum atomic E-state index is -0.294. The van der Waals surface area contributed by atoms with Crippen LogP contribution in [-0.2, 0) is 0 Å². The number of carbonyl (C=O) groups is 1. The summed E-state index contributed by atoms with van der Waals surface area (Å²) in [6.07, 6.45) is 5.28. The molecule has 2 unspecified atom stereocenters. The normalized spacial score (nSPS) is 24.5. The third kappa shape index (κ3) is 3.58. The van der Waals surface area contributed by atoms with Crippen LogP contribution in [0.25, 0.3) is 5.69 Å². The number of benzene rings is 2. The number of hydrogen-bond donors (Lipinski definition) is 0. The number of rotatable bonds is 5. The van der Waals surface area contributed by atoms with Crippen molar-refractivity contribution in [3.05, 3.63) is 72.1 Å². The summed E-state index contributed by atoms with van der Waals surface area (Å²) in [5.41, 5.74) is 2.44. The van der Waals surface area contributed by atoms with Gasteiger partial charge in [-0.2, -0.15) is 0 Å². The topological polar surface area (TPSA) is 60.2 Å². The Morgan fingerprint density at radius 2 is 1.84 bits per heavy atom. The highest BCUT2D eigenvalue weighted by atomic mass is 19.1. The molecule has 6 rings (SSSR count). The standard InChI is InChI=1S/C24H25FN4O2/c1-15-3-8-22(28-13-26-27-14-28)21(9-15)24(30)29-19-10-17(11-19)16(2)23(29)12-31-20-6-4-18(25)5-7-20/h3-9,13-14,16-17,19,23H,10-12H2,1-2H3. The average molecular weight is 420 g/mol. The van der Waals surface area contributed by atoms with Crippen molar-refractivity contribution in [1.29, 1.82) is 0 Å². The van der Waals surface area contributed by atoms with E-state index in [4.69, 9.17) is 4.74 Å². The van der Waals surface area contributed by atoms with Gasteiger partial charge in [-0.05, 0) is 68.0 Å². The first-order chi connectivity index (χ1) is 15.0. The molecule has 7 heteroatoms. The predicted octanol–water partition coefficient (Wildman–Crippen LogP) is 4.03. The third-order valence-electron chi connectivity index (χ3n) is 6.80. The Hall–Kier alpha value is -3.22. The molecule has 0 spiro atoms. The van der Waals surface area contributed by atoms with Crippen molar-refractivity contribution in [3.8, 4) is 11.4 Å². The summed E-state index contributed by atoms with van der Waals surface area (Å²) in [4.78, 5) is 15.9. The Morgan fingerprint density at radius 1 is 1.13 bits per heavy atom. The molecule has 2 bridgehead atoms. The summed E-state index contributed by atoms with van der Waals surface area (Å²) in [6, 6.07) is 12.1. The van der Waals surface area contributed by atoms with Gasteiger partial charge >= 0.3 is 0 Å². The molecular weight excluding hydrogens is 395 g/mol. The number of fused-ring (bicyclic) bond motifs is 2. The van der Waals surface area contributed by atoms with Crippen molar-refractivity contribution < 1.29 is 13.9 Å². The van der Waals surface area contributed by atoms with E-state index >= 15 is 0 Å². The number of halogens is 1. The van der Waals surface area contributed by atoms with Gasteiger partial charge in [0.2, 0.25) is 0 Å². The summed E-state index contributed by atoms with van der Waals surface area (Å²) in [5, 5.41) is 7.79. The predicted molar refractivity (Wildman–Crippen MR) is 114 cm³/mol. The molecule has 2 aromatic carbocycles. The molecule has 1 amide bonds. The first kappa shape index (κ1) is 19.7. The fraction of sp³-hybridized carbons (Fsp3) is 0.375. The lowest BCUT2D eigenvalue weighted by atomic mass is 9.64. The monoisotopic (exact) mass is 420 g/mol. The Kier molecular flexibility index (Phi) is 4.96. The van der Waals surface area contributed by atoms with Crippen molar-refractivity contribution in [1.82, 2.24) is 19.7 Å². The van der Waals surface area contributed by atoms with E-state index in [1.54, 1.807) is 29.4 Å². The summed E-state index contributed by atoms with van der Waals surface area (Å²) in [6.45, 7) is 4.58. The van der Waals surface area contributed by atoms with E-state index in [1.165, 1.54) is 12.1 Å². The van der Waals surface area contributed by atoms with E-state index in [2.05, 4.69) is 17.1 Å². The van der Waals surface area contributed by atoms with Crippen LogP contribution in [0.15, 0.2) is 55.1 Å². The van der Waals surface area contributed by atoms with Gasteiger partial charge in [0, 0.05) is 6.04 Å². The third-order valence-corrected chi connectivity index (χ3v) is 6.80. The molecular formula is C24H25FN4O2. The van der Waals surface area contributed by atoms with Gasteiger partial charge in [-0.15, -0.1) is 10.2 Å². The SMILES string of the molecule is Cc1ccc(-n2cnnc2)c(C(=O)N2C3CC(C3)C(C)C2COc2ccc(F)cc2)c1. The number of aromatic nitrogens is 3. The molecule has 3 aliphatic rings. The highest BCUT2D eigenvalue weighted by Crippen LogP contribution is 2.47. The quantitative estimate of drug-likeness (QED) is 0.625. The molecule has 31 heavy (non-hydrogen) atoms. The van der Waals surface area contributed by atoms with Crippen LogP contribution in [-0.4, -0.2) is 44.3 Å². The molecule has 3 heterocycles. The average Bonchev–Trinajstić information content (AvgIpc) is 3.27. The van der Waals surface area contributed by atoms with Gasteiger partial charge in [0.25, 0.3) is 5.91 Å². The second-order valence-electron chi connectivity index (χ2n) is 8.68. The first-order valence-electron chi connectivity index (χ1n) is 10.7. The molecule has 160 valence electrons. The van der Waals surface area contributed by atoms with Crippen LogP contribution in [0.4, 0.5) is 4.39 Å². The Balaban J connectivity index is 1.45. The van der Waals surface area contributed by atoms with Crippen LogP contribution in [0.1, 0.15) is 35.7 Å². The molecule has 0 N–H and O–H groups in total. The number of nitrogens with zero attached hydrogens (tertiary/aromatic N) is 4. The number of amides is 1. The highest BCUT2D eigenvalue weighted by molar-refractivity contribution is 5.98. The molecule has 3 fully saturated rings. The second-order valence-corrected chi connectivity index (χ2v) is 8.68. The molecule has 2 atom stereocenters. The minimum absolute atomic E-state index is 0.00936. The van der Waals surface area contributed by atoms with Gasteiger partial charge in [0.05, 0.1) is 17.3 Å². The zero-order valence-corrected chi connectivity index (χ0v) is 17.6. The Labute approximate surface area is 180 Å². The van der Waals surface area contributed by atoms with Gasteiger partial charge in [-0.1, -0.05) is 18.6 Å². The number of aryl methyl sites for hydroxylation is 1. The lowest BCUT2D eigenvalue weighted by Crippen LogP contribution is -2.64. The number of carbonyl (C=O) groups excluding carboxylic acids is 1. The van der Waals surface area contributed by atoms with Crippen molar-refractivity contribution in [2.75, 3.05) is 6.61 Å². The molecule has 6 nitrogen and oxygen atoms in total. The lowest BCUT2D eigenvalue weighted by molar-refractivity contribution is -0.0670. The van der Waals surface area contributed by atoms with Gasteiger partial charge in [-0.25, -0.2) is 4.39 Å². The molecule has 1 saturated carbocycles. The number of hydrogen-bond acceptors (Lipinski definition) is 4. The fourth-order valence-corrected chi connectivity index (χ4v) is 4.90. The van der Waals surface area contributed by atoms with Crippen molar-refractivity contribution in [2.45, 2.75) is 38.8 Å². The van der Waals surface area contributed by atoms with Crippen LogP contribution >= 0.6 is 0 Å². The number of piperidine rings is 2. The van der Waals surface area contributed by atoms with Crippen LogP contribution in [0.3, 0.4) is 0 Å². The van der Waals surface area contributed by atoms with Gasteiger partial charge in [0.1, 0.15) is 30.8 Å². The fourth-order valence-electron chi connectivity index (χ4n) is 4.90. The second kappa shape index (κ2) is 7.80. The van der Waals surface area contributed by atoms with Gasteiger partial charge in [0.15, 0.2) is 0 Å². The van der Waals surface area contributed by atoms with E-state index in [0.717, 1.165) is 24.1 Å². The molecule has 3 aromatic rings. The van der Waals surface area contributed by atoms with Crippen LogP contribution in [0.2, 0.25) is 0 Å². The van der Waals surface area contributed by atoms with Gasteiger partial charge in [-0.3, -0.25) is 9.36 Å². The molecule has 2 aliphatic heterocycles. The number of ether oxygens (including phenoxy) is 1. The summed E-state index contributed by atoms with van der Waals surface area (Å²) >= 11 is 0. The largest absolute Gasteiger partial charge is 0.491 e. The van der Waals surface area contributed by atoms with E-state index < -0.39 is 0 Å². The molecule has 2 saturated heterocycles. The van der Waals surface area contributed by atoms with Crippen molar-refractivity contribution in [2.24, 2.45) is 11.8 Å². The highest BCUT2D eigenvalue weighted by Gasteiger charge is 2.51. The van der Waals surface area contributed by atoms with E-state index in [1.807, 2.05) is 30.0 Å². The van der Waals surface area contributed by atoms with Crippen LogP contribution in [0, 0.1) is 24.6 Å². The van der Waals surface area contributed by atoms with E-state index in [-0.39, 0.29) is 23.8 Å². The molecule has 1 aromatic heterocycles. The zero-order valence-electron chi connectivity index (χ0n) is 17.6. The van der Waals surface area contributed by atoms with E-state index in [9.17, 15) is 9.18 Å². The van der Waals surface area contributed by atoms with E-state index in [0.29, 0.717) is 29.8 Å². The summed E-state index contributed by atoms with van der Waals surface area (Å²) in [7, 11) is 0. The van der Waals surface area contributed by atoms with Crippen molar-refractivity contribution >= 4 is 5.91 Å². The Bertz CT molecular complexity index is 1080. The molecule has 0 radical (unpaired) electrons. The smallest absolute Gasteiger partial charge is 0.256 e. The molecule has 1 aliphatic carbocycles. The van der Waals surface area contributed by atoms with Gasteiger partial charge < -0.3 is 9.64 Å². The first-order valence-corrected chi connectivity index (χ1v) is 10.7. The zero-order chi connectivity index (χ0) is 21.5. The maximum absolute atomic E-state index is 13.9. The minimum Gasteiger partial charge on any atom is -0.491 e. The summed E-state index contributed by atoms with van der Waals surface area (Å²) in [5.74, 6) is 1.27.